The van der Waals surface area contributed by atoms with Crippen LogP contribution in [0.25, 0.3) is 0 Å². The Labute approximate surface area is 134 Å². The molecule has 2 heterocycles. The molecule has 0 unspecified atom stereocenters. The lowest BCUT2D eigenvalue weighted by Gasteiger charge is -2.26. The zero-order valence-corrected chi connectivity index (χ0v) is 13.5. The summed E-state index contributed by atoms with van der Waals surface area (Å²) in [6.45, 7) is 4.90. The van der Waals surface area contributed by atoms with Crippen LogP contribution >= 0.6 is 0 Å². The molecule has 1 saturated heterocycles. The first-order valence-electron chi connectivity index (χ1n) is 8.66. The van der Waals surface area contributed by atoms with E-state index in [4.69, 9.17) is 0 Å². The van der Waals surface area contributed by atoms with Crippen LogP contribution in [0.4, 0.5) is 0 Å². The molecule has 22 heavy (non-hydrogen) atoms. The lowest BCUT2D eigenvalue weighted by molar-refractivity contribution is 0.226. The summed E-state index contributed by atoms with van der Waals surface area (Å²) in [5, 5.41) is 0. The maximum atomic E-state index is 4.08. The normalized spacial score (nSPS) is 16.0. The minimum absolute atomic E-state index is 1.01. The highest BCUT2D eigenvalue weighted by molar-refractivity contribution is 5.22. The predicted octanol–water partition coefficient (Wildman–Crippen LogP) is 3.54. The van der Waals surface area contributed by atoms with E-state index < -0.39 is 0 Å². The Balaban J connectivity index is 1.39. The molecule has 0 atom stereocenters. The molecule has 1 aromatic heterocycles. The quantitative estimate of drug-likeness (QED) is 0.779. The van der Waals surface area contributed by atoms with Gasteiger partial charge in [0, 0.05) is 18.9 Å². The lowest BCUT2D eigenvalue weighted by atomic mass is 10.0. The summed E-state index contributed by atoms with van der Waals surface area (Å²) in [6, 6.07) is 9.18. The molecule has 0 aliphatic carbocycles. The van der Waals surface area contributed by atoms with Crippen LogP contribution in [0.3, 0.4) is 0 Å². The smallest absolute Gasteiger partial charge is 0.0946 e. The van der Waals surface area contributed by atoms with Gasteiger partial charge in [-0.25, -0.2) is 4.98 Å². The van der Waals surface area contributed by atoms with E-state index in [-0.39, 0.29) is 0 Å². The van der Waals surface area contributed by atoms with E-state index in [2.05, 4.69) is 38.7 Å². The summed E-state index contributed by atoms with van der Waals surface area (Å²) in [4.78, 5) is 6.71. The maximum absolute atomic E-state index is 4.08. The van der Waals surface area contributed by atoms with Crippen LogP contribution in [-0.4, -0.2) is 34.1 Å². The highest BCUT2D eigenvalue weighted by Gasteiger charge is 2.08. The number of rotatable bonds is 7. The number of aryl methyl sites for hydroxylation is 3. The van der Waals surface area contributed by atoms with Gasteiger partial charge < -0.3 is 9.47 Å². The molecule has 1 fully saturated rings. The predicted molar refractivity (Wildman–Crippen MR) is 91.0 cm³/mol. The molecule has 1 aromatic carbocycles. The standard InChI is InChI=1S/C19H27N3/c1-2-12-21(13-3-1)14-4-5-18-6-8-19(9-7-18)10-15-22-16-11-20-17-22/h6-9,11,16-17H,1-5,10,12-15H2. The van der Waals surface area contributed by atoms with Gasteiger partial charge in [-0.3, -0.25) is 0 Å². The first-order chi connectivity index (χ1) is 10.9. The Kier molecular flexibility index (Phi) is 5.66. The third kappa shape index (κ3) is 4.70. The molecule has 0 bridgehead atoms. The van der Waals surface area contributed by atoms with Crippen LogP contribution in [0.2, 0.25) is 0 Å². The molecule has 0 spiro atoms. The molecule has 0 saturated carbocycles. The number of benzene rings is 1. The average molecular weight is 297 g/mol. The van der Waals surface area contributed by atoms with Crippen LogP contribution in [0.5, 0.6) is 0 Å². The minimum atomic E-state index is 1.01. The summed E-state index contributed by atoms with van der Waals surface area (Å²) in [5.74, 6) is 0. The first kappa shape index (κ1) is 15.3. The number of hydrogen-bond acceptors (Lipinski definition) is 2. The van der Waals surface area contributed by atoms with Crippen molar-refractivity contribution in [2.24, 2.45) is 0 Å². The molecule has 2 aromatic rings. The molecule has 1 aliphatic rings. The molecule has 1 aliphatic heterocycles. The Morgan fingerprint density at radius 2 is 1.59 bits per heavy atom. The van der Waals surface area contributed by atoms with Gasteiger partial charge in [-0.15, -0.1) is 0 Å². The number of nitrogens with zero attached hydrogens (tertiary/aromatic N) is 3. The number of imidazole rings is 1. The van der Waals surface area contributed by atoms with E-state index in [0.29, 0.717) is 0 Å². The van der Waals surface area contributed by atoms with Gasteiger partial charge in [0.2, 0.25) is 0 Å². The highest BCUT2D eigenvalue weighted by atomic mass is 15.1. The highest BCUT2D eigenvalue weighted by Crippen LogP contribution is 2.12. The van der Waals surface area contributed by atoms with E-state index in [1.54, 1.807) is 0 Å². The van der Waals surface area contributed by atoms with Gasteiger partial charge in [-0.1, -0.05) is 30.7 Å². The average Bonchev–Trinajstić information content (AvgIpc) is 3.09. The fraction of sp³-hybridized carbons (Fsp3) is 0.526. The Morgan fingerprint density at radius 1 is 0.864 bits per heavy atom. The molecule has 118 valence electrons. The maximum Gasteiger partial charge on any atom is 0.0946 e. The van der Waals surface area contributed by atoms with Crippen molar-refractivity contribution in [3.8, 4) is 0 Å². The molecular formula is C19H27N3. The third-order valence-corrected chi connectivity index (χ3v) is 4.63. The molecule has 3 nitrogen and oxygen atoms in total. The van der Waals surface area contributed by atoms with Crippen molar-refractivity contribution in [3.63, 3.8) is 0 Å². The number of aromatic nitrogens is 2. The van der Waals surface area contributed by atoms with E-state index in [9.17, 15) is 0 Å². The van der Waals surface area contributed by atoms with Crippen LogP contribution in [-0.2, 0) is 19.4 Å². The Hall–Kier alpha value is -1.61. The summed E-state index contributed by atoms with van der Waals surface area (Å²) < 4.78 is 2.13. The van der Waals surface area contributed by atoms with Gasteiger partial charge in [0.05, 0.1) is 6.33 Å². The van der Waals surface area contributed by atoms with Crippen molar-refractivity contribution in [1.82, 2.24) is 14.5 Å². The largest absolute Gasteiger partial charge is 0.337 e. The summed E-state index contributed by atoms with van der Waals surface area (Å²) >= 11 is 0. The number of likely N-dealkylation sites (tertiary alicyclic amines) is 1. The molecule has 3 heteroatoms. The van der Waals surface area contributed by atoms with Gasteiger partial charge in [-0.05, 0) is 62.9 Å². The van der Waals surface area contributed by atoms with Crippen molar-refractivity contribution >= 4 is 0 Å². The first-order valence-corrected chi connectivity index (χ1v) is 8.66. The molecule has 0 amide bonds. The molecule has 0 N–H and O–H groups in total. The lowest BCUT2D eigenvalue weighted by Crippen LogP contribution is -2.30. The SMILES string of the molecule is c1cn(CCc2ccc(CCCN3CCCCC3)cc2)cn1. The van der Waals surface area contributed by atoms with Crippen LogP contribution in [0.1, 0.15) is 36.8 Å². The van der Waals surface area contributed by atoms with Crippen LogP contribution in [0.15, 0.2) is 43.0 Å². The van der Waals surface area contributed by atoms with Crippen molar-refractivity contribution in [2.75, 3.05) is 19.6 Å². The molecular weight excluding hydrogens is 270 g/mol. The summed E-state index contributed by atoms with van der Waals surface area (Å²) in [5.41, 5.74) is 2.89. The second-order valence-corrected chi connectivity index (χ2v) is 6.37. The van der Waals surface area contributed by atoms with Gasteiger partial charge in [-0.2, -0.15) is 0 Å². The molecule has 3 rings (SSSR count). The Bertz CT molecular complexity index is 524. The zero-order chi connectivity index (χ0) is 15.0. The molecule has 0 radical (unpaired) electrons. The van der Waals surface area contributed by atoms with E-state index in [0.717, 1.165) is 13.0 Å². The summed E-state index contributed by atoms with van der Waals surface area (Å²) in [7, 11) is 0. The second-order valence-electron chi connectivity index (χ2n) is 6.37. The van der Waals surface area contributed by atoms with E-state index in [1.165, 1.54) is 62.9 Å². The monoisotopic (exact) mass is 297 g/mol. The van der Waals surface area contributed by atoms with Crippen molar-refractivity contribution < 1.29 is 0 Å². The van der Waals surface area contributed by atoms with Crippen molar-refractivity contribution in [3.05, 3.63) is 54.1 Å². The Morgan fingerprint density at radius 3 is 2.27 bits per heavy atom. The zero-order valence-electron chi connectivity index (χ0n) is 13.5. The van der Waals surface area contributed by atoms with Crippen LogP contribution in [0, 0.1) is 0 Å². The third-order valence-electron chi connectivity index (χ3n) is 4.63. The van der Waals surface area contributed by atoms with Crippen LogP contribution < -0.4 is 0 Å². The fourth-order valence-electron chi connectivity index (χ4n) is 3.24. The number of hydrogen-bond donors (Lipinski definition) is 0. The van der Waals surface area contributed by atoms with E-state index in [1.807, 2.05) is 18.7 Å². The topological polar surface area (TPSA) is 21.1 Å². The van der Waals surface area contributed by atoms with Crippen molar-refractivity contribution in [1.29, 1.82) is 0 Å². The van der Waals surface area contributed by atoms with Gasteiger partial charge in [0.1, 0.15) is 0 Å². The van der Waals surface area contributed by atoms with E-state index >= 15 is 0 Å². The second kappa shape index (κ2) is 8.14. The number of piperidine rings is 1. The van der Waals surface area contributed by atoms with Gasteiger partial charge in [0.25, 0.3) is 0 Å². The minimum Gasteiger partial charge on any atom is -0.337 e. The van der Waals surface area contributed by atoms with Gasteiger partial charge in [0.15, 0.2) is 0 Å². The van der Waals surface area contributed by atoms with Gasteiger partial charge >= 0.3 is 0 Å². The van der Waals surface area contributed by atoms with Crippen molar-refractivity contribution in [2.45, 2.75) is 45.1 Å². The summed E-state index contributed by atoms with van der Waals surface area (Å²) in [6.07, 6.45) is 13.5. The fourth-order valence-corrected chi connectivity index (χ4v) is 3.24.